The highest BCUT2D eigenvalue weighted by Crippen LogP contribution is 2.25. The van der Waals surface area contributed by atoms with E-state index in [0.29, 0.717) is 18.1 Å². The molecule has 0 aliphatic heterocycles. The molecule has 1 aromatic carbocycles. The number of ketones is 1. The number of halogens is 1. The minimum atomic E-state index is -0.0392. The van der Waals surface area contributed by atoms with Crippen molar-refractivity contribution >= 4 is 17.4 Å². The molecule has 17 heavy (non-hydrogen) atoms. The van der Waals surface area contributed by atoms with Gasteiger partial charge in [0.2, 0.25) is 0 Å². The summed E-state index contributed by atoms with van der Waals surface area (Å²) >= 11 is 5.57. The van der Waals surface area contributed by atoms with Gasteiger partial charge in [-0.3, -0.25) is 4.79 Å². The Morgan fingerprint density at radius 1 is 1.29 bits per heavy atom. The number of ether oxygens (including phenoxy) is 1. The van der Waals surface area contributed by atoms with Gasteiger partial charge < -0.3 is 4.74 Å². The van der Waals surface area contributed by atoms with Crippen LogP contribution in [0.1, 0.15) is 35.3 Å². The summed E-state index contributed by atoms with van der Waals surface area (Å²) < 4.78 is 5.70. The number of hydrogen-bond acceptors (Lipinski definition) is 2. The van der Waals surface area contributed by atoms with E-state index in [9.17, 15) is 4.79 Å². The zero-order valence-corrected chi connectivity index (χ0v) is 11.6. The summed E-state index contributed by atoms with van der Waals surface area (Å²) in [4.78, 5) is 11.6. The van der Waals surface area contributed by atoms with Crippen LogP contribution in [-0.2, 0) is 0 Å². The topological polar surface area (TPSA) is 26.3 Å². The number of hydrogen-bond donors (Lipinski definition) is 0. The summed E-state index contributed by atoms with van der Waals surface area (Å²) in [7, 11) is 0. The Morgan fingerprint density at radius 2 is 1.94 bits per heavy atom. The molecule has 0 unspecified atom stereocenters. The standard InChI is InChI=1S/C14H19ClO2/c1-9(2)8-17-14-6-5-12(13(16)7-15)10(3)11(14)4/h5-6,9H,7-8H2,1-4H3. The van der Waals surface area contributed by atoms with Crippen molar-refractivity contribution in [3.63, 3.8) is 0 Å². The highest BCUT2D eigenvalue weighted by molar-refractivity contribution is 6.30. The minimum absolute atomic E-state index is 0.0203. The molecule has 1 rings (SSSR count). The van der Waals surface area contributed by atoms with Crippen molar-refractivity contribution < 1.29 is 9.53 Å². The highest BCUT2D eigenvalue weighted by Gasteiger charge is 2.12. The van der Waals surface area contributed by atoms with Crippen LogP contribution in [0.4, 0.5) is 0 Å². The molecule has 0 N–H and O–H groups in total. The first-order valence-corrected chi connectivity index (χ1v) is 6.33. The van der Waals surface area contributed by atoms with E-state index in [1.807, 2.05) is 19.9 Å². The van der Waals surface area contributed by atoms with Crippen LogP contribution < -0.4 is 4.74 Å². The second kappa shape index (κ2) is 6.06. The van der Waals surface area contributed by atoms with Gasteiger partial charge in [-0.15, -0.1) is 11.6 Å². The molecule has 0 bridgehead atoms. The molecule has 2 nitrogen and oxygen atoms in total. The fourth-order valence-electron chi connectivity index (χ4n) is 1.58. The zero-order valence-electron chi connectivity index (χ0n) is 10.8. The lowest BCUT2D eigenvalue weighted by Crippen LogP contribution is -2.08. The SMILES string of the molecule is Cc1c(OCC(C)C)ccc(C(=O)CCl)c1C. The second-order valence-corrected chi connectivity index (χ2v) is 4.89. The quantitative estimate of drug-likeness (QED) is 0.591. The van der Waals surface area contributed by atoms with Gasteiger partial charge in [-0.1, -0.05) is 13.8 Å². The predicted molar refractivity (Wildman–Crippen MR) is 71.3 cm³/mol. The maximum absolute atomic E-state index is 11.6. The van der Waals surface area contributed by atoms with Crippen LogP contribution in [0.2, 0.25) is 0 Å². The Bertz CT molecular complexity index is 411. The summed E-state index contributed by atoms with van der Waals surface area (Å²) in [5, 5.41) is 0. The van der Waals surface area contributed by atoms with E-state index < -0.39 is 0 Å². The molecule has 1 aromatic rings. The molecule has 0 saturated carbocycles. The maximum atomic E-state index is 11.6. The van der Waals surface area contributed by atoms with Crippen molar-refractivity contribution in [2.24, 2.45) is 5.92 Å². The Morgan fingerprint density at radius 3 is 2.47 bits per heavy atom. The Balaban J connectivity index is 2.98. The van der Waals surface area contributed by atoms with Crippen LogP contribution in [0.3, 0.4) is 0 Å². The van der Waals surface area contributed by atoms with E-state index in [-0.39, 0.29) is 11.7 Å². The average Bonchev–Trinajstić information content (AvgIpc) is 2.30. The van der Waals surface area contributed by atoms with Gasteiger partial charge in [-0.2, -0.15) is 0 Å². The number of alkyl halides is 1. The fraction of sp³-hybridized carbons (Fsp3) is 0.500. The van der Waals surface area contributed by atoms with Crippen LogP contribution in [-0.4, -0.2) is 18.3 Å². The number of Topliss-reactive ketones (excluding diaryl/α,β-unsaturated/α-hetero) is 1. The lowest BCUT2D eigenvalue weighted by Gasteiger charge is -2.14. The Labute approximate surface area is 108 Å². The lowest BCUT2D eigenvalue weighted by molar-refractivity contribution is 0.102. The number of rotatable bonds is 5. The molecular weight excluding hydrogens is 236 g/mol. The molecular formula is C14H19ClO2. The van der Waals surface area contributed by atoms with E-state index in [0.717, 1.165) is 16.9 Å². The molecule has 0 radical (unpaired) electrons. The highest BCUT2D eigenvalue weighted by atomic mass is 35.5. The molecule has 0 aromatic heterocycles. The molecule has 0 aliphatic carbocycles. The number of benzene rings is 1. The molecule has 0 amide bonds. The first kappa shape index (κ1) is 14.0. The smallest absolute Gasteiger partial charge is 0.177 e. The van der Waals surface area contributed by atoms with E-state index >= 15 is 0 Å². The predicted octanol–water partition coefficient (Wildman–Crippen LogP) is 3.76. The first-order valence-electron chi connectivity index (χ1n) is 5.79. The van der Waals surface area contributed by atoms with Crippen LogP contribution in [0, 0.1) is 19.8 Å². The molecule has 3 heteroatoms. The van der Waals surface area contributed by atoms with Gasteiger partial charge >= 0.3 is 0 Å². The van der Waals surface area contributed by atoms with E-state index in [2.05, 4.69) is 13.8 Å². The van der Waals surface area contributed by atoms with Gasteiger partial charge in [0.1, 0.15) is 5.75 Å². The molecule has 0 fully saturated rings. The molecule has 0 aliphatic rings. The van der Waals surface area contributed by atoms with Crippen molar-refractivity contribution in [3.8, 4) is 5.75 Å². The summed E-state index contributed by atoms with van der Waals surface area (Å²) in [6, 6.07) is 3.65. The third-order valence-electron chi connectivity index (χ3n) is 2.73. The summed E-state index contributed by atoms with van der Waals surface area (Å²) in [5.41, 5.74) is 2.66. The minimum Gasteiger partial charge on any atom is -0.493 e. The normalized spacial score (nSPS) is 10.7. The van der Waals surface area contributed by atoms with Crippen molar-refractivity contribution in [2.75, 3.05) is 12.5 Å². The molecule has 0 heterocycles. The average molecular weight is 255 g/mol. The fourth-order valence-corrected chi connectivity index (χ4v) is 1.73. The van der Waals surface area contributed by atoms with Crippen molar-refractivity contribution in [2.45, 2.75) is 27.7 Å². The maximum Gasteiger partial charge on any atom is 0.177 e. The van der Waals surface area contributed by atoms with Crippen LogP contribution >= 0.6 is 11.6 Å². The largest absolute Gasteiger partial charge is 0.493 e. The second-order valence-electron chi connectivity index (χ2n) is 4.62. The van der Waals surface area contributed by atoms with Gasteiger partial charge in [0.25, 0.3) is 0 Å². The number of carbonyl (C=O) groups is 1. The van der Waals surface area contributed by atoms with Crippen LogP contribution in [0.25, 0.3) is 0 Å². The molecule has 0 saturated heterocycles. The van der Waals surface area contributed by atoms with Crippen LogP contribution in [0.5, 0.6) is 5.75 Å². The summed E-state index contributed by atoms with van der Waals surface area (Å²) in [6.07, 6.45) is 0. The van der Waals surface area contributed by atoms with Gasteiger partial charge in [-0.05, 0) is 43.0 Å². The third-order valence-corrected chi connectivity index (χ3v) is 2.97. The molecule has 94 valence electrons. The number of carbonyl (C=O) groups excluding carboxylic acids is 1. The monoisotopic (exact) mass is 254 g/mol. The Hall–Kier alpha value is -1.02. The third kappa shape index (κ3) is 3.47. The lowest BCUT2D eigenvalue weighted by atomic mass is 10.00. The van der Waals surface area contributed by atoms with Crippen LogP contribution in [0.15, 0.2) is 12.1 Å². The van der Waals surface area contributed by atoms with Gasteiger partial charge in [0, 0.05) is 5.56 Å². The van der Waals surface area contributed by atoms with E-state index in [4.69, 9.17) is 16.3 Å². The van der Waals surface area contributed by atoms with E-state index in [1.165, 1.54) is 0 Å². The summed E-state index contributed by atoms with van der Waals surface area (Å²) in [6.45, 7) is 8.79. The van der Waals surface area contributed by atoms with Crippen molar-refractivity contribution in [1.29, 1.82) is 0 Å². The molecule has 0 spiro atoms. The van der Waals surface area contributed by atoms with Gasteiger partial charge in [-0.25, -0.2) is 0 Å². The first-order chi connectivity index (χ1) is 7.97. The molecule has 0 atom stereocenters. The van der Waals surface area contributed by atoms with Crippen molar-refractivity contribution in [3.05, 3.63) is 28.8 Å². The van der Waals surface area contributed by atoms with E-state index in [1.54, 1.807) is 6.07 Å². The Kier molecular flexibility index (Phi) is 5.01. The zero-order chi connectivity index (χ0) is 13.0. The van der Waals surface area contributed by atoms with Gasteiger partial charge in [0.15, 0.2) is 5.78 Å². The van der Waals surface area contributed by atoms with Crippen molar-refractivity contribution in [1.82, 2.24) is 0 Å². The summed E-state index contributed by atoms with van der Waals surface area (Å²) in [5.74, 6) is 1.32. The van der Waals surface area contributed by atoms with Gasteiger partial charge in [0.05, 0.1) is 12.5 Å².